The summed E-state index contributed by atoms with van der Waals surface area (Å²) in [5.41, 5.74) is 1.13. The van der Waals surface area contributed by atoms with E-state index in [-0.39, 0.29) is 17.9 Å². The lowest BCUT2D eigenvalue weighted by atomic mass is 9.95. The number of carbonyl (C=O) groups excluding carboxylic acids is 2. The Balaban J connectivity index is 1.70. The van der Waals surface area contributed by atoms with E-state index in [9.17, 15) is 9.59 Å². The molecular formula is C24H27NO4S. The van der Waals surface area contributed by atoms with Gasteiger partial charge in [0.15, 0.2) is 0 Å². The number of amides is 2. The normalized spacial score (nSPS) is 18.6. The first-order chi connectivity index (χ1) is 14.7. The fraction of sp³-hybridized carbons (Fsp3) is 0.417. The maximum absolute atomic E-state index is 13.6. The van der Waals surface area contributed by atoms with Gasteiger partial charge in [-0.3, -0.25) is 14.5 Å². The molecular weight excluding hydrogens is 398 g/mol. The minimum Gasteiger partial charge on any atom is -0.496 e. The smallest absolute Gasteiger partial charge is 0.268 e. The number of para-hydroxylation sites is 1. The molecule has 2 aliphatic rings. The molecule has 2 heterocycles. The average molecular weight is 426 g/mol. The number of thioether (sulfide) groups is 1. The minimum atomic E-state index is -0.197. The summed E-state index contributed by atoms with van der Waals surface area (Å²) in [5, 5.41) is 0. The highest BCUT2D eigenvalue weighted by Crippen LogP contribution is 2.42. The van der Waals surface area contributed by atoms with Crippen molar-refractivity contribution in [3.05, 3.63) is 58.9 Å². The van der Waals surface area contributed by atoms with Crippen molar-refractivity contribution in [2.75, 3.05) is 7.11 Å². The molecule has 0 radical (unpaired) electrons. The molecule has 2 aromatic rings. The first-order valence-electron chi connectivity index (χ1n) is 10.6. The monoisotopic (exact) mass is 425 g/mol. The van der Waals surface area contributed by atoms with E-state index >= 15 is 0 Å². The van der Waals surface area contributed by atoms with Gasteiger partial charge in [0.2, 0.25) is 0 Å². The number of furan rings is 1. The molecule has 1 aliphatic heterocycles. The Kier molecular flexibility index (Phi) is 6.62. The van der Waals surface area contributed by atoms with Crippen LogP contribution in [0.25, 0.3) is 5.57 Å². The zero-order valence-corrected chi connectivity index (χ0v) is 18.1. The van der Waals surface area contributed by atoms with Gasteiger partial charge >= 0.3 is 0 Å². The van der Waals surface area contributed by atoms with Crippen molar-refractivity contribution in [3.63, 3.8) is 0 Å². The zero-order chi connectivity index (χ0) is 20.9. The van der Waals surface area contributed by atoms with Crippen LogP contribution in [0, 0.1) is 0 Å². The Bertz CT molecular complexity index is 926. The number of methoxy groups -OCH3 is 1. The largest absolute Gasteiger partial charge is 0.496 e. The van der Waals surface area contributed by atoms with Gasteiger partial charge in [-0.05, 0) is 31.0 Å². The van der Waals surface area contributed by atoms with E-state index in [0.717, 1.165) is 31.4 Å². The van der Waals surface area contributed by atoms with Crippen LogP contribution in [0.4, 0.5) is 0 Å². The predicted octanol–water partition coefficient (Wildman–Crippen LogP) is 5.41. The maximum atomic E-state index is 13.6. The standard InChI is InChI=1S/C24H27NO4S/c1-28-20-14-8-7-13-19(20)21-22(30-16-18-12-9-15-29-18)24(27)25(23(21)26)17-10-5-3-2-4-6-11-17/h7-9,12-15,17H,2-6,10-11,16H2,1H3. The van der Waals surface area contributed by atoms with E-state index in [2.05, 4.69) is 0 Å². The van der Waals surface area contributed by atoms with Crippen molar-refractivity contribution in [2.45, 2.75) is 56.7 Å². The summed E-state index contributed by atoms with van der Waals surface area (Å²) in [6.07, 6.45) is 9.07. The molecule has 2 amide bonds. The summed E-state index contributed by atoms with van der Waals surface area (Å²) in [4.78, 5) is 29.1. The Morgan fingerprint density at radius 1 is 1.00 bits per heavy atom. The number of ether oxygens (including phenoxy) is 1. The van der Waals surface area contributed by atoms with Gasteiger partial charge in [0.05, 0.1) is 29.6 Å². The minimum absolute atomic E-state index is 0.0308. The summed E-state index contributed by atoms with van der Waals surface area (Å²) < 4.78 is 11.0. The molecule has 6 heteroatoms. The Labute approximate surface area is 181 Å². The second-order valence-corrected chi connectivity index (χ2v) is 8.74. The Hall–Kier alpha value is -2.47. The van der Waals surface area contributed by atoms with Crippen LogP contribution in [0.1, 0.15) is 56.3 Å². The third kappa shape index (κ3) is 4.19. The molecule has 0 saturated heterocycles. The number of imide groups is 1. The van der Waals surface area contributed by atoms with Crippen LogP contribution in [0.15, 0.2) is 52.0 Å². The van der Waals surface area contributed by atoms with Crippen molar-refractivity contribution in [3.8, 4) is 5.75 Å². The zero-order valence-electron chi connectivity index (χ0n) is 17.3. The first kappa shape index (κ1) is 20.8. The third-order valence-corrected chi connectivity index (χ3v) is 6.92. The van der Waals surface area contributed by atoms with Crippen LogP contribution in [-0.2, 0) is 15.3 Å². The second kappa shape index (κ2) is 9.56. The van der Waals surface area contributed by atoms with Gasteiger partial charge in [-0.15, -0.1) is 11.8 Å². The van der Waals surface area contributed by atoms with Gasteiger partial charge < -0.3 is 9.15 Å². The van der Waals surface area contributed by atoms with Crippen LogP contribution in [0.5, 0.6) is 5.75 Å². The number of benzene rings is 1. The van der Waals surface area contributed by atoms with Crippen LogP contribution < -0.4 is 4.74 Å². The Morgan fingerprint density at radius 2 is 1.73 bits per heavy atom. The molecule has 1 saturated carbocycles. The molecule has 1 aliphatic carbocycles. The van der Waals surface area contributed by atoms with Gasteiger partial charge in [0.25, 0.3) is 11.8 Å². The summed E-state index contributed by atoms with van der Waals surface area (Å²) >= 11 is 1.37. The van der Waals surface area contributed by atoms with Crippen molar-refractivity contribution in [1.82, 2.24) is 4.90 Å². The van der Waals surface area contributed by atoms with Crippen molar-refractivity contribution in [1.29, 1.82) is 0 Å². The van der Waals surface area contributed by atoms with Gasteiger partial charge in [-0.2, -0.15) is 0 Å². The number of carbonyl (C=O) groups is 2. The topological polar surface area (TPSA) is 59.8 Å². The van der Waals surface area contributed by atoms with Gasteiger partial charge in [0.1, 0.15) is 11.5 Å². The van der Waals surface area contributed by atoms with Crippen LogP contribution in [0.2, 0.25) is 0 Å². The molecule has 0 spiro atoms. The molecule has 0 bridgehead atoms. The van der Waals surface area contributed by atoms with E-state index < -0.39 is 0 Å². The van der Waals surface area contributed by atoms with E-state index in [1.165, 1.54) is 35.9 Å². The summed E-state index contributed by atoms with van der Waals surface area (Å²) in [6.45, 7) is 0. The third-order valence-electron chi connectivity index (χ3n) is 5.83. The molecule has 1 fully saturated rings. The van der Waals surface area contributed by atoms with Crippen molar-refractivity contribution >= 4 is 29.1 Å². The van der Waals surface area contributed by atoms with E-state index in [4.69, 9.17) is 9.15 Å². The number of rotatable bonds is 6. The van der Waals surface area contributed by atoms with Crippen molar-refractivity contribution < 1.29 is 18.7 Å². The number of hydrogen-bond donors (Lipinski definition) is 0. The lowest BCUT2D eigenvalue weighted by molar-refractivity contribution is -0.139. The average Bonchev–Trinajstić information content (AvgIpc) is 3.33. The molecule has 1 aromatic heterocycles. The maximum Gasteiger partial charge on any atom is 0.268 e. The fourth-order valence-corrected chi connectivity index (χ4v) is 5.33. The second-order valence-electron chi connectivity index (χ2n) is 7.75. The summed E-state index contributed by atoms with van der Waals surface area (Å²) in [7, 11) is 1.59. The highest BCUT2D eigenvalue weighted by molar-refractivity contribution is 8.03. The summed E-state index contributed by atoms with van der Waals surface area (Å²) in [5.74, 6) is 1.50. The van der Waals surface area contributed by atoms with Gasteiger partial charge in [-0.1, -0.05) is 50.3 Å². The molecule has 30 heavy (non-hydrogen) atoms. The molecule has 158 valence electrons. The first-order valence-corrected chi connectivity index (χ1v) is 11.6. The molecule has 1 aromatic carbocycles. The summed E-state index contributed by atoms with van der Waals surface area (Å²) in [6, 6.07) is 11.1. The van der Waals surface area contributed by atoms with Crippen LogP contribution in [-0.4, -0.2) is 29.9 Å². The quantitative estimate of drug-likeness (QED) is 0.579. The molecule has 0 atom stereocenters. The fourth-order valence-electron chi connectivity index (χ4n) is 4.31. The molecule has 5 nitrogen and oxygen atoms in total. The lowest BCUT2D eigenvalue weighted by Gasteiger charge is -2.28. The highest BCUT2D eigenvalue weighted by atomic mass is 32.2. The highest BCUT2D eigenvalue weighted by Gasteiger charge is 2.43. The Morgan fingerprint density at radius 3 is 2.43 bits per heavy atom. The van der Waals surface area contributed by atoms with Gasteiger partial charge in [0, 0.05) is 11.6 Å². The number of hydrogen-bond acceptors (Lipinski definition) is 5. The molecule has 0 N–H and O–H groups in total. The van der Waals surface area contributed by atoms with Gasteiger partial charge in [-0.25, -0.2) is 0 Å². The van der Waals surface area contributed by atoms with E-state index in [1.54, 1.807) is 13.4 Å². The lowest BCUT2D eigenvalue weighted by Crippen LogP contribution is -2.41. The molecule has 0 unspecified atom stereocenters. The van der Waals surface area contributed by atoms with E-state index in [0.29, 0.717) is 27.5 Å². The van der Waals surface area contributed by atoms with Crippen LogP contribution in [0.3, 0.4) is 0 Å². The SMILES string of the molecule is COc1ccccc1C1=C(SCc2ccco2)C(=O)N(C2CCCCCCC2)C1=O. The van der Waals surface area contributed by atoms with E-state index in [1.807, 2.05) is 36.4 Å². The number of nitrogens with zero attached hydrogens (tertiary/aromatic N) is 1. The predicted molar refractivity (Wildman–Crippen MR) is 118 cm³/mol. The van der Waals surface area contributed by atoms with Crippen LogP contribution >= 0.6 is 11.8 Å². The molecule has 4 rings (SSSR count). The van der Waals surface area contributed by atoms with Crippen molar-refractivity contribution in [2.24, 2.45) is 0 Å².